The molecule has 1 fully saturated rings. The van der Waals surface area contributed by atoms with E-state index < -0.39 is 5.82 Å². The standard InChI is InChI=1S/C16H19Cl2FN2/c1-9-3-10(2)5-11(4-9)21-15-7-13(19)12(18)6-14(15)20-16(21)8-17/h6-7,9-11H,3-5,8H2,1-2H3. The highest BCUT2D eigenvalue weighted by molar-refractivity contribution is 6.31. The predicted octanol–water partition coefficient (Wildman–Crippen LogP) is 5.56. The number of nitrogens with zero attached hydrogens (tertiary/aromatic N) is 2. The maximum absolute atomic E-state index is 13.9. The van der Waals surface area contributed by atoms with Gasteiger partial charge in [-0.3, -0.25) is 0 Å². The quantitative estimate of drug-likeness (QED) is 0.659. The van der Waals surface area contributed by atoms with Crippen LogP contribution < -0.4 is 0 Å². The van der Waals surface area contributed by atoms with Gasteiger partial charge in [0.25, 0.3) is 0 Å². The lowest BCUT2D eigenvalue weighted by molar-refractivity contribution is 0.222. The number of imidazole rings is 1. The SMILES string of the molecule is CC1CC(C)CC(n2c(CCl)nc3cc(Cl)c(F)cc32)C1. The van der Waals surface area contributed by atoms with Crippen molar-refractivity contribution < 1.29 is 4.39 Å². The molecule has 0 spiro atoms. The van der Waals surface area contributed by atoms with Crippen molar-refractivity contribution in [2.24, 2.45) is 11.8 Å². The van der Waals surface area contributed by atoms with Crippen LogP contribution in [0.4, 0.5) is 4.39 Å². The van der Waals surface area contributed by atoms with E-state index in [1.54, 1.807) is 6.07 Å². The number of aromatic nitrogens is 2. The largest absolute Gasteiger partial charge is 0.324 e. The molecule has 0 N–H and O–H groups in total. The fourth-order valence-electron chi connectivity index (χ4n) is 3.76. The highest BCUT2D eigenvalue weighted by Crippen LogP contribution is 2.39. The van der Waals surface area contributed by atoms with Crippen LogP contribution in [0.5, 0.6) is 0 Å². The molecule has 2 unspecified atom stereocenters. The first-order valence-electron chi connectivity index (χ1n) is 7.41. The Morgan fingerprint density at radius 2 is 1.90 bits per heavy atom. The normalized spacial score (nSPS) is 26.4. The van der Waals surface area contributed by atoms with Gasteiger partial charge in [0.2, 0.25) is 0 Å². The van der Waals surface area contributed by atoms with Gasteiger partial charge in [-0.25, -0.2) is 9.37 Å². The number of alkyl halides is 1. The maximum Gasteiger partial charge on any atom is 0.144 e. The molecule has 114 valence electrons. The van der Waals surface area contributed by atoms with Crippen LogP contribution in [0.2, 0.25) is 5.02 Å². The summed E-state index contributed by atoms with van der Waals surface area (Å²) >= 11 is 11.9. The summed E-state index contributed by atoms with van der Waals surface area (Å²) in [6.45, 7) is 4.55. The summed E-state index contributed by atoms with van der Waals surface area (Å²) < 4.78 is 16.0. The van der Waals surface area contributed by atoms with E-state index in [4.69, 9.17) is 23.2 Å². The lowest BCUT2D eigenvalue weighted by Crippen LogP contribution is -2.23. The monoisotopic (exact) mass is 328 g/mol. The molecule has 21 heavy (non-hydrogen) atoms. The summed E-state index contributed by atoms with van der Waals surface area (Å²) in [5.41, 5.74) is 1.53. The highest BCUT2D eigenvalue weighted by Gasteiger charge is 2.28. The van der Waals surface area contributed by atoms with Crippen molar-refractivity contribution in [3.05, 3.63) is 28.8 Å². The molecule has 2 nitrogen and oxygen atoms in total. The molecule has 0 radical (unpaired) electrons. The topological polar surface area (TPSA) is 17.8 Å². The van der Waals surface area contributed by atoms with Crippen LogP contribution in [0, 0.1) is 17.7 Å². The van der Waals surface area contributed by atoms with Crippen molar-refractivity contribution in [3.63, 3.8) is 0 Å². The molecule has 1 aromatic carbocycles. The van der Waals surface area contributed by atoms with Gasteiger partial charge in [0.05, 0.1) is 21.9 Å². The highest BCUT2D eigenvalue weighted by atomic mass is 35.5. The molecule has 1 saturated carbocycles. The fraction of sp³-hybridized carbons (Fsp3) is 0.562. The van der Waals surface area contributed by atoms with Gasteiger partial charge in [-0.2, -0.15) is 0 Å². The molecule has 1 heterocycles. The average molecular weight is 329 g/mol. The van der Waals surface area contributed by atoms with Crippen molar-refractivity contribution in [1.82, 2.24) is 9.55 Å². The smallest absolute Gasteiger partial charge is 0.144 e. The van der Waals surface area contributed by atoms with E-state index in [1.165, 1.54) is 12.5 Å². The third-order valence-electron chi connectivity index (χ3n) is 4.44. The summed E-state index contributed by atoms with van der Waals surface area (Å²) in [5.74, 6) is 2.06. The van der Waals surface area contributed by atoms with Crippen LogP contribution >= 0.6 is 23.2 Å². The molecule has 2 atom stereocenters. The first-order chi connectivity index (χ1) is 9.99. The van der Waals surface area contributed by atoms with Gasteiger partial charge in [-0.05, 0) is 37.2 Å². The van der Waals surface area contributed by atoms with Gasteiger partial charge >= 0.3 is 0 Å². The van der Waals surface area contributed by atoms with Gasteiger partial charge in [0.1, 0.15) is 11.6 Å². The Morgan fingerprint density at radius 3 is 2.52 bits per heavy atom. The van der Waals surface area contributed by atoms with Crippen LogP contribution in [0.15, 0.2) is 12.1 Å². The van der Waals surface area contributed by atoms with E-state index in [9.17, 15) is 4.39 Å². The van der Waals surface area contributed by atoms with Crippen molar-refractivity contribution in [2.75, 3.05) is 0 Å². The van der Waals surface area contributed by atoms with Crippen LogP contribution in [0.1, 0.15) is 45.0 Å². The molecule has 1 aliphatic rings. The van der Waals surface area contributed by atoms with Gasteiger partial charge in [-0.1, -0.05) is 25.4 Å². The van der Waals surface area contributed by atoms with Crippen molar-refractivity contribution in [2.45, 2.75) is 45.0 Å². The molecule has 1 aliphatic carbocycles. The van der Waals surface area contributed by atoms with Crippen molar-refractivity contribution in [3.8, 4) is 0 Å². The molecule has 0 aliphatic heterocycles. The van der Waals surface area contributed by atoms with Crippen LogP contribution in [0.25, 0.3) is 11.0 Å². The second-order valence-corrected chi connectivity index (χ2v) is 7.03. The minimum Gasteiger partial charge on any atom is -0.324 e. The van der Waals surface area contributed by atoms with Crippen LogP contribution in [-0.2, 0) is 5.88 Å². The lowest BCUT2D eigenvalue weighted by Gasteiger charge is -2.33. The van der Waals surface area contributed by atoms with Crippen LogP contribution in [-0.4, -0.2) is 9.55 Å². The molecule has 2 aromatic rings. The molecule has 0 amide bonds. The number of fused-ring (bicyclic) bond motifs is 1. The molecule has 1 aromatic heterocycles. The Hall–Kier alpha value is -0.800. The molecule has 0 bridgehead atoms. The van der Waals surface area contributed by atoms with Crippen LogP contribution in [0.3, 0.4) is 0 Å². The zero-order chi connectivity index (χ0) is 15.1. The minimum atomic E-state index is -0.400. The summed E-state index contributed by atoms with van der Waals surface area (Å²) in [7, 11) is 0. The number of hydrogen-bond acceptors (Lipinski definition) is 1. The van der Waals surface area contributed by atoms with E-state index in [2.05, 4.69) is 23.4 Å². The predicted molar refractivity (Wildman–Crippen MR) is 85.5 cm³/mol. The summed E-state index contributed by atoms with van der Waals surface area (Å²) in [6, 6.07) is 3.42. The third-order valence-corrected chi connectivity index (χ3v) is 4.97. The summed E-state index contributed by atoms with van der Waals surface area (Å²) in [4.78, 5) is 4.54. The Balaban J connectivity index is 2.13. The molecule has 3 rings (SSSR count). The van der Waals surface area contributed by atoms with E-state index in [1.807, 2.05) is 0 Å². The summed E-state index contributed by atoms with van der Waals surface area (Å²) in [5, 5.41) is 0.110. The van der Waals surface area contributed by atoms with Crippen molar-refractivity contribution in [1.29, 1.82) is 0 Å². The Kier molecular flexibility index (Phi) is 4.15. The second-order valence-electron chi connectivity index (χ2n) is 6.36. The first kappa shape index (κ1) is 15.1. The van der Waals surface area contributed by atoms with E-state index in [-0.39, 0.29) is 5.02 Å². The lowest BCUT2D eigenvalue weighted by atomic mass is 9.80. The maximum atomic E-state index is 13.9. The van der Waals surface area contributed by atoms with Gasteiger partial charge in [-0.15, -0.1) is 11.6 Å². The number of benzene rings is 1. The average Bonchev–Trinajstić information content (AvgIpc) is 2.75. The van der Waals surface area contributed by atoms with E-state index >= 15 is 0 Å². The van der Waals surface area contributed by atoms with Crippen molar-refractivity contribution >= 4 is 34.2 Å². The number of halogens is 3. The molecular weight excluding hydrogens is 310 g/mol. The zero-order valence-electron chi connectivity index (χ0n) is 12.2. The third kappa shape index (κ3) is 2.78. The first-order valence-corrected chi connectivity index (χ1v) is 8.32. The molecular formula is C16H19Cl2FN2. The zero-order valence-corrected chi connectivity index (χ0v) is 13.8. The Labute approximate surface area is 134 Å². The Morgan fingerprint density at radius 1 is 1.24 bits per heavy atom. The van der Waals surface area contributed by atoms with Gasteiger partial charge in [0.15, 0.2) is 0 Å². The summed E-state index contributed by atoms with van der Waals surface area (Å²) in [6.07, 6.45) is 3.42. The molecule has 0 saturated heterocycles. The number of hydrogen-bond donors (Lipinski definition) is 0. The van der Waals surface area contributed by atoms with E-state index in [0.717, 1.165) is 29.7 Å². The van der Waals surface area contributed by atoms with E-state index in [0.29, 0.717) is 23.8 Å². The fourth-order valence-corrected chi connectivity index (χ4v) is 4.10. The Bertz CT molecular complexity index is 658. The second kappa shape index (κ2) is 5.77. The minimum absolute atomic E-state index is 0.110. The number of rotatable bonds is 2. The van der Waals surface area contributed by atoms with Gasteiger partial charge < -0.3 is 4.57 Å². The van der Waals surface area contributed by atoms with Gasteiger partial charge in [0, 0.05) is 12.1 Å². The molecule has 5 heteroatoms.